The molecule has 7 nitrogen and oxygen atoms in total. The normalized spacial score (nSPS) is 16.1. The van der Waals surface area contributed by atoms with Gasteiger partial charge in [-0.3, -0.25) is 15.0 Å². The number of nitrogens with zero attached hydrogens (tertiary/aromatic N) is 3. The van der Waals surface area contributed by atoms with Crippen LogP contribution in [-0.2, 0) is 4.79 Å². The van der Waals surface area contributed by atoms with Gasteiger partial charge in [0.1, 0.15) is 11.5 Å². The zero-order valence-corrected chi connectivity index (χ0v) is 9.46. The molecule has 2 aromatic heterocycles. The number of anilines is 2. The van der Waals surface area contributed by atoms with Crippen molar-refractivity contribution < 1.29 is 9.59 Å². The molecule has 0 aromatic carbocycles. The van der Waals surface area contributed by atoms with Crippen LogP contribution >= 0.6 is 0 Å². The second-order valence-electron chi connectivity index (χ2n) is 4.07. The maximum absolute atomic E-state index is 11.7. The lowest BCUT2D eigenvalue weighted by atomic mass is 10.2. The van der Waals surface area contributed by atoms with Crippen LogP contribution < -0.4 is 16.0 Å². The molecule has 3 N–H and O–H groups in total. The second-order valence-corrected chi connectivity index (χ2v) is 4.07. The van der Waals surface area contributed by atoms with Crippen molar-refractivity contribution in [3.8, 4) is 0 Å². The van der Waals surface area contributed by atoms with Crippen molar-refractivity contribution in [2.24, 2.45) is 0 Å². The van der Waals surface area contributed by atoms with Crippen molar-refractivity contribution in [3.05, 3.63) is 24.5 Å². The van der Waals surface area contributed by atoms with Gasteiger partial charge in [0.2, 0.25) is 5.91 Å². The van der Waals surface area contributed by atoms with E-state index < -0.39 is 6.03 Å². The Morgan fingerprint density at radius 2 is 2.22 bits per heavy atom. The standard InChI is InChI=1S/C11H11N5O2/c12-8-6-15-3-1-7(5-9(15)13-8)16-4-2-10(17)14-11(16)18/h1,3,5-6H,2,4,12H2,(H,14,17,18). The molecular weight excluding hydrogens is 234 g/mol. The van der Waals surface area contributed by atoms with Crippen LogP contribution in [0.25, 0.3) is 5.65 Å². The topological polar surface area (TPSA) is 92.7 Å². The molecule has 0 aliphatic carbocycles. The first-order valence-corrected chi connectivity index (χ1v) is 5.49. The number of hydrogen-bond acceptors (Lipinski definition) is 4. The summed E-state index contributed by atoms with van der Waals surface area (Å²) in [4.78, 5) is 28.4. The van der Waals surface area contributed by atoms with Crippen LogP contribution in [0.15, 0.2) is 24.5 Å². The van der Waals surface area contributed by atoms with Crippen LogP contribution in [0, 0.1) is 0 Å². The van der Waals surface area contributed by atoms with Crippen LogP contribution in [0.3, 0.4) is 0 Å². The van der Waals surface area contributed by atoms with Gasteiger partial charge < -0.3 is 10.1 Å². The fraction of sp³-hybridized carbons (Fsp3) is 0.182. The maximum atomic E-state index is 11.7. The molecule has 2 aromatic rings. The third kappa shape index (κ3) is 1.65. The van der Waals surface area contributed by atoms with Crippen molar-refractivity contribution >= 4 is 29.1 Å². The molecule has 0 atom stereocenters. The molecule has 7 heteroatoms. The number of rotatable bonds is 1. The number of hydrogen-bond donors (Lipinski definition) is 2. The van der Waals surface area contributed by atoms with Gasteiger partial charge in [-0.05, 0) is 6.07 Å². The zero-order chi connectivity index (χ0) is 12.7. The smallest absolute Gasteiger partial charge is 0.328 e. The van der Waals surface area contributed by atoms with Crippen molar-refractivity contribution in [2.75, 3.05) is 17.2 Å². The number of carbonyl (C=O) groups is 2. The number of imide groups is 1. The van der Waals surface area contributed by atoms with Gasteiger partial charge >= 0.3 is 6.03 Å². The third-order valence-electron chi connectivity index (χ3n) is 2.83. The number of fused-ring (bicyclic) bond motifs is 1. The predicted molar refractivity (Wildman–Crippen MR) is 65.1 cm³/mol. The van der Waals surface area contributed by atoms with E-state index in [4.69, 9.17) is 5.73 Å². The zero-order valence-electron chi connectivity index (χ0n) is 9.46. The van der Waals surface area contributed by atoms with E-state index in [1.165, 1.54) is 4.90 Å². The molecule has 1 aliphatic rings. The molecule has 1 saturated heterocycles. The summed E-state index contributed by atoms with van der Waals surface area (Å²) >= 11 is 0. The number of nitrogen functional groups attached to an aromatic ring is 1. The number of amides is 3. The van der Waals surface area contributed by atoms with Gasteiger partial charge in [0.15, 0.2) is 0 Å². The number of nitrogens with one attached hydrogen (secondary N) is 1. The molecule has 3 heterocycles. The maximum Gasteiger partial charge on any atom is 0.328 e. The highest BCUT2D eigenvalue weighted by Gasteiger charge is 2.24. The van der Waals surface area contributed by atoms with Gasteiger partial charge in [-0.15, -0.1) is 0 Å². The van der Waals surface area contributed by atoms with E-state index >= 15 is 0 Å². The van der Waals surface area contributed by atoms with E-state index in [1.54, 1.807) is 28.9 Å². The minimum atomic E-state index is -0.407. The average molecular weight is 245 g/mol. The van der Waals surface area contributed by atoms with E-state index in [1.807, 2.05) is 0 Å². The van der Waals surface area contributed by atoms with Crippen molar-refractivity contribution in [3.63, 3.8) is 0 Å². The number of carbonyl (C=O) groups excluding carboxylic acids is 2. The van der Waals surface area contributed by atoms with Crippen molar-refractivity contribution in [2.45, 2.75) is 6.42 Å². The second kappa shape index (κ2) is 3.73. The Hall–Kier alpha value is -2.57. The summed E-state index contributed by atoms with van der Waals surface area (Å²) in [7, 11) is 0. The molecule has 0 spiro atoms. The highest BCUT2D eigenvalue weighted by molar-refractivity contribution is 6.05. The van der Waals surface area contributed by atoms with Gasteiger partial charge in [0.05, 0.1) is 11.9 Å². The Morgan fingerprint density at radius 1 is 1.39 bits per heavy atom. The number of urea groups is 1. The molecule has 3 amide bonds. The largest absolute Gasteiger partial charge is 0.382 e. The molecule has 0 bridgehead atoms. The fourth-order valence-corrected chi connectivity index (χ4v) is 1.97. The summed E-state index contributed by atoms with van der Waals surface area (Å²) < 4.78 is 1.77. The van der Waals surface area contributed by atoms with Crippen LogP contribution in [0.5, 0.6) is 0 Å². The van der Waals surface area contributed by atoms with Gasteiger partial charge in [0, 0.05) is 25.2 Å². The fourth-order valence-electron chi connectivity index (χ4n) is 1.97. The molecule has 0 saturated carbocycles. The summed E-state index contributed by atoms with van der Waals surface area (Å²) in [5, 5.41) is 2.28. The lowest BCUT2D eigenvalue weighted by Crippen LogP contribution is -2.49. The SMILES string of the molecule is Nc1cn2ccc(N3CCC(=O)NC3=O)cc2n1. The third-order valence-corrected chi connectivity index (χ3v) is 2.83. The number of aromatic nitrogens is 2. The average Bonchev–Trinajstić information content (AvgIpc) is 2.68. The van der Waals surface area contributed by atoms with E-state index in [-0.39, 0.29) is 5.91 Å². The summed E-state index contributed by atoms with van der Waals surface area (Å²) in [6.07, 6.45) is 3.77. The lowest BCUT2D eigenvalue weighted by Gasteiger charge is -2.26. The first kappa shape index (κ1) is 10.6. The van der Waals surface area contributed by atoms with E-state index in [0.29, 0.717) is 30.1 Å². The van der Waals surface area contributed by atoms with Crippen LogP contribution in [-0.4, -0.2) is 27.9 Å². The summed E-state index contributed by atoms with van der Waals surface area (Å²) in [5.74, 6) is 0.174. The first-order valence-electron chi connectivity index (χ1n) is 5.49. The molecular formula is C11H11N5O2. The highest BCUT2D eigenvalue weighted by atomic mass is 16.2. The van der Waals surface area contributed by atoms with E-state index in [0.717, 1.165) is 0 Å². The van der Waals surface area contributed by atoms with Crippen LogP contribution in [0.1, 0.15) is 6.42 Å². The Labute approximate surface area is 102 Å². The molecule has 92 valence electrons. The summed E-state index contributed by atoms with van der Waals surface area (Å²) in [6, 6.07) is 3.13. The Balaban J connectivity index is 1.98. The number of nitrogens with two attached hydrogens (primary N) is 1. The van der Waals surface area contributed by atoms with E-state index in [2.05, 4.69) is 10.3 Å². The number of pyridine rings is 1. The molecule has 0 unspecified atom stereocenters. The molecule has 0 radical (unpaired) electrons. The van der Waals surface area contributed by atoms with Crippen molar-refractivity contribution in [1.29, 1.82) is 0 Å². The molecule has 18 heavy (non-hydrogen) atoms. The first-order chi connectivity index (χ1) is 8.63. The Morgan fingerprint density at radius 3 is 3.00 bits per heavy atom. The summed E-state index contributed by atoms with van der Waals surface area (Å²) in [6.45, 7) is 0.372. The molecule has 1 aliphatic heterocycles. The monoisotopic (exact) mass is 245 g/mol. The van der Waals surface area contributed by atoms with Gasteiger partial charge in [-0.2, -0.15) is 0 Å². The summed E-state index contributed by atoms with van der Waals surface area (Å²) in [5.41, 5.74) is 6.95. The quantitative estimate of drug-likeness (QED) is 0.758. The van der Waals surface area contributed by atoms with Crippen molar-refractivity contribution in [1.82, 2.24) is 14.7 Å². The molecule has 3 rings (SSSR count). The minimum Gasteiger partial charge on any atom is -0.382 e. The van der Waals surface area contributed by atoms with E-state index in [9.17, 15) is 9.59 Å². The predicted octanol–water partition coefficient (Wildman–Crippen LogP) is 0.363. The number of imidazole rings is 1. The minimum absolute atomic E-state index is 0.248. The highest BCUT2D eigenvalue weighted by Crippen LogP contribution is 2.19. The lowest BCUT2D eigenvalue weighted by molar-refractivity contribution is -0.120. The van der Waals surface area contributed by atoms with Crippen LogP contribution in [0.4, 0.5) is 16.3 Å². The van der Waals surface area contributed by atoms with Gasteiger partial charge in [0.25, 0.3) is 0 Å². The van der Waals surface area contributed by atoms with Gasteiger partial charge in [-0.1, -0.05) is 0 Å². The Kier molecular flexibility index (Phi) is 2.19. The molecule has 1 fully saturated rings. The Bertz CT molecular complexity index is 648. The van der Waals surface area contributed by atoms with Crippen LogP contribution in [0.2, 0.25) is 0 Å². The van der Waals surface area contributed by atoms with Gasteiger partial charge in [-0.25, -0.2) is 9.78 Å².